The van der Waals surface area contributed by atoms with Crippen molar-refractivity contribution in [1.82, 2.24) is 15.1 Å². The Morgan fingerprint density at radius 2 is 1.90 bits per heavy atom. The van der Waals surface area contributed by atoms with E-state index >= 15 is 0 Å². The quantitative estimate of drug-likeness (QED) is 0.921. The molecule has 2 heterocycles. The molecular formula is C17H21N3. The molecule has 4 rings (SSSR count). The van der Waals surface area contributed by atoms with E-state index in [0.717, 1.165) is 12.5 Å². The van der Waals surface area contributed by atoms with Gasteiger partial charge >= 0.3 is 0 Å². The Labute approximate surface area is 120 Å². The number of benzene rings is 1. The van der Waals surface area contributed by atoms with E-state index in [9.17, 15) is 0 Å². The van der Waals surface area contributed by atoms with Gasteiger partial charge in [-0.25, -0.2) is 4.68 Å². The summed E-state index contributed by atoms with van der Waals surface area (Å²) in [6.07, 6.45) is 8.66. The Bertz CT molecular complexity index is 578. The van der Waals surface area contributed by atoms with E-state index in [4.69, 9.17) is 5.10 Å². The van der Waals surface area contributed by atoms with Gasteiger partial charge in [0, 0.05) is 6.04 Å². The second-order valence-electron chi connectivity index (χ2n) is 6.01. The van der Waals surface area contributed by atoms with Gasteiger partial charge in [0.15, 0.2) is 0 Å². The minimum absolute atomic E-state index is 0.480. The van der Waals surface area contributed by atoms with Crippen molar-refractivity contribution in [2.75, 3.05) is 6.54 Å². The van der Waals surface area contributed by atoms with Crippen LogP contribution in [-0.4, -0.2) is 16.3 Å². The molecule has 1 unspecified atom stereocenters. The van der Waals surface area contributed by atoms with Crippen LogP contribution in [0, 0.1) is 0 Å². The van der Waals surface area contributed by atoms with Crippen molar-refractivity contribution in [1.29, 1.82) is 0 Å². The van der Waals surface area contributed by atoms with Crippen LogP contribution in [0.15, 0.2) is 36.5 Å². The first kappa shape index (κ1) is 12.2. The largest absolute Gasteiger partial charge is 0.309 e. The molecule has 1 aromatic carbocycles. The number of para-hydroxylation sites is 1. The van der Waals surface area contributed by atoms with Gasteiger partial charge in [-0.3, -0.25) is 0 Å². The van der Waals surface area contributed by atoms with Gasteiger partial charge in [-0.2, -0.15) is 5.10 Å². The number of hydrogen-bond acceptors (Lipinski definition) is 2. The molecule has 0 bridgehead atoms. The number of aromatic nitrogens is 2. The number of rotatable bonds is 3. The maximum atomic E-state index is 4.71. The summed E-state index contributed by atoms with van der Waals surface area (Å²) in [6, 6.07) is 11.0. The average molecular weight is 267 g/mol. The van der Waals surface area contributed by atoms with E-state index in [1.54, 1.807) is 0 Å². The van der Waals surface area contributed by atoms with Gasteiger partial charge in [0.1, 0.15) is 0 Å². The molecule has 2 fully saturated rings. The molecule has 1 aliphatic heterocycles. The maximum absolute atomic E-state index is 4.71. The van der Waals surface area contributed by atoms with Crippen molar-refractivity contribution in [2.24, 2.45) is 0 Å². The fourth-order valence-electron chi connectivity index (χ4n) is 3.45. The third-order valence-electron chi connectivity index (χ3n) is 4.77. The van der Waals surface area contributed by atoms with Gasteiger partial charge in [0.2, 0.25) is 0 Å². The molecule has 3 nitrogen and oxygen atoms in total. The van der Waals surface area contributed by atoms with Crippen molar-refractivity contribution in [3.63, 3.8) is 0 Å². The van der Waals surface area contributed by atoms with Crippen LogP contribution in [0.3, 0.4) is 0 Å². The number of nitrogens with zero attached hydrogens (tertiary/aromatic N) is 2. The highest BCUT2D eigenvalue weighted by atomic mass is 15.3. The summed E-state index contributed by atoms with van der Waals surface area (Å²) in [5, 5.41) is 8.36. The summed E-state index contributed by atoms with van der Waals surface area (Å²) in [5.41, 5.74) is 4.08. The maximum Gasteiger partial charge on any atom is 0.0649 e. The lowest BCUT2D eigenvalue weighted by Gasteiger charge is -2.27. The van der Waals surface area contributed by atoms with E-state index in [0.29, 0.717) is 6.04 Å². The molecule has 0 spiro atoms. The molecule has 1 aromatic heterocycles. The molecule has 3 heteroatoms. The predicted octanol–water partition coefficient (Wildman–Crippen LogP) is 3.56. The van der Waals surface area contributed by atoms with Crippen LogP contribution in [0.2, 0.25) is 0 Å². The van der Waals surface area contributed by atoms with Crippen LogP contribution >= 0.6 is 0 Å². The Morgan fingerprint density at radius 3 is 2.55 bits per heavy atom. The summed E-state index contributed by atoms with van der Waals surface area (Å²) in [6.45, 7) is 1.13. The van der Waals surface area contributed by atoms with Crippen LogP contribution in [-0.2, 0) is 0 Å². The smallest absolute Gasteiger partial charge is 0.0649 e. The topological polar surface area (TPSA) is 29.9 Å². The molecule has 2 aromatic rings. The summed E-state index contributed by atoms with van der Waals surface area (Å²) < 4.78 is 2.16. The van der Waals surface area contributed by atoms with Gasteiger partial charge in [0.25, 0.3) is 0 Å². The third kappa shape index (κ3) is 1.97. The predicted molar refractivity (Wildman–Crippen MR) is 80.1 cm³/mol. The highest BCUT2D eigenvalue weighted by Gasteiger charge is 2.30. The zero-order chi connectivity index (χ0) is 13.4. The fourth-order valence-corrected chi connectivity index (χ4v) is 3.45. The van der Waals surface area contributed by atoms with E-state index in [1.807, 2.05) is 0 Å². The molecule has 0 amide bonds. The molecule has 20 heavy (non-hydrogen) atoms. The zero-order valence-electron chi connectivity index (χ0n) is 11.8. The van der Waals surface area contributed by atoms with Crippen LogP contribution < -0.4 is 5.32 Å². The van der Waals surface area contributed by atoms with Crippen molar-refractivity contribution in [2.45, 2.75) is 44.1 Å². The zero-order valence-corrected chi connectivity index (χ0v) is 11.8. The van der Waals surface area contributed by atoms with Crippen LogP contribution in [0.25, 0.3) is 5.69 Å². The van der Waals surface area contributed by atoms with Crippen LogP contribution in [0.1, 0.15) is 55.3 Å². The Kier molecular flexibility index (Phi) is 3.07. The normalized spacial score (nSPS) is 22.9. The lowest BCUT2D eigenvalue weighted by Crippen LogP contribution is -2.20. The Morgan fingerprint density at radius 1 is 1.05 bits per heavy atom. The lowest BCUT2D eigenvalue weighted by molar-refractivity contribution is 0.412. The van der Waals surface area contributed by atoms with Crippen molar-refractivity contribution >= 4 is 0 Å². The van der Waals surface area contributed by atoms with Crippen molar-refractivity contribution < 1.29 is 0 Å². The minimum Gasteiger partial charge on any atom is -0.309 e. The van der Waals surface area contributed by atoms with Crippen molar-refractivity contribution in [3.8, 4) is 5.69 Å². The standard InChI is InChI=1S/C17H21N3/c1-2-8-14(9-3-1)20-17(16-10-5-11-18-16)15(12-19-20)13-6-4-7-13/h1-3,8-9,12-13,16,18H,4-7,10-11H2. The molecule has 1 saturated carbocycles. The lowest BCUT2D eigenvalue weighted by atomic mass is 9.79. The minimum atomic E-state index is 0.480. The van der Waals surface area contributed by atoms with Gasteiger partial charge in [-0.05, 0) is 55.8 Å². The average Bonchev–Trinajstić information content (AvgIpc) is 3.06. The SMILES string of the molecule is c1ccc(-n2ncc(C3CCC3)c2C2CCCN2)cc1. The third-order valence-corrected chi connectivity index (χ3v) is 4.77. The van der Waals surface area contributed by atoms with E-state index in [-0.39, 0.29) is 0 Å². The first-order chi connectivity index (χ1) is 9.93. The highest BCUT2D eigenvalue weighted by Crippen LogP contribution is 2.41. The molecule has 0 radical (unpaired) electrons. The molecule has 104 valence electrons. The second-order valence-corrected chi connectivity index (χ2v) is 6.01. The molecule has 1 atom stereocenters. The second kappa shape index (κ2) is 5.06. The van der Waals surface area contributed by atoms with Gasteiger partial charge in [-0.1, -0.05) is 24.6 Å². The first-order valence-corrected chi connectivity index (χ1v) is 7.80. The molecule has 1 aliphatic carbocycles. The van der Waals surface area contributed by atoms with Gasteiger partial charge < -0.3 is 5.32 Å². The van der Waals surface area contributed by atoms with Crippen molar-refractivity contribution in [3.05, 3.63) is 47.8 Å². The number of nitrogens with one attached hydrogen (secondary N) is 1. The van der Waals surface area contributed by atoms with Gasteiger partial charge in [0.05, 0.1) is 17.6 Å². The molecular weight excluding hydrogens is 246 g/mol. The summed E-state index contributed by atoms with van der Waals surface area (Å²) in [7, 11) is 0. The van der Waals surface area contributed by atoms with Gasteiger partial charge in [-0.15, -0.1) is 0 Å². The summed E-state index contributed by atoms with van der Waals surface area (Å²) in [4.78, 5) is 0. The summed E-state index contributed by atoms with van der Waals surface area (Å²) in [5.74, 6) is 0.741. The fraction of sp³-hybridized carbons (Fsp3) is 0.471. The van der Waals surface area contributed by atoms with E-state index in [1.165, 1.54) is 49.0 Å². The van der Waals surface area contributed by atoms with Crippen LogP contribution in [0.5, 0.6) is 0 Å². The monoisotopic (exact) mass is 267 g/mol. The van der Waals surface area contributed by atoms with E-state index in [2.05, 4.69) is 46.5 Å². The molecule has 1 saturated heterocycles. The first-order valence-electron chi connectivity index (χ1n) is 7.80. The Balaban J connectivity index is 1.79. The summed E-state index contributed by atoms with van der Waals surface area (Å²) >= 11 is 0. The van der Waals surface area contributed by atoms with Crippen LogP contribution in [0.4, 0.5) is 0 Å². The number of hydrogen-bond donors (Lipinski definition) is 1. The molecule has 2 aliphatic rings. The highest BCUT2D eigenvalue weighted by molar-refractivity contribution is 5.38. The van der Waals surface area contributed by atoms with E-state index < -0.39 is 0 Å². The molecule has 1 N–H and O–H groups in total. The Hall–Kier alpha value is -1.61.